The largest absolute Gasteiger partial charge is 2.00 e. The molecule has 0 amide bonds. The molecule has 15 heavy (non-hydrogen) atoms. The second-order valence-electron chi connectivity index (χ2n) is 2.39. The molecule has 0 unspecified atom stereocenters. The Morgan fingerprint density at radius 1 is 0.667 bits per heavy atom. The summed E-state index contributed by atoms with van der Waals surface area (Å²) in [6.45, 7) is 6.11. The van der Waals surface area contributed by atoms with E-state index in [-0.39, 0.29) is 28.6 Å². The van der Waals surface area contributed by atoms with Gasteiger partial charge in [-0.15, -0.1) is 0 Å². The van der Waals surface area contributed by atoms with E-state index >= 15 is 0 Å². The second kappa shape index (κ2) is 15.3. The van der Waals surface area contributed by atoms with Crippen LogP contribution in [0.2, 0.25) is 0 Å². The quantitative estimate of drug-likeness (QED) is 0.359. The van der Waals surface area contributed by atoms with Gasteiger partial charge in [0.15, 0.2) is 0 Å². The number of hydrogen-bond donors (Lipinski definition) is 0. The molecular weight excluding hydrogens is 256 g/mol. The summed E-state index contributed by atoms with van der Waals surface area (Å²) >= 11 is 0. The van der Waals surface area contributed by atoms with Gasteiger partial charge in [0.25, 0.3) is 0 Å². The molecule has 6 nitrogen and oxygen atoms in total. The van der Waals surface area contributed by atoms with Gasteiger partial charge in [0.2, 0.25) is 0 Å². The molecule has 0 aromatic carbocycles. The van der Waals surface area contributed by atoms with Crippen molar-refractivity contribution in [1.29, 1.82) is 0 Å². The van der Waals surface area contributed by atoms with E-state index < -0.39 is 11.9 Å². The first-order valence-electron chi connectivity index (χ1n) is 3.47. The Labute approximate surface area is 98.1 Å². The van der Waals surface area contributed by atoms with Crippen LogP contribution in [0, 0.1) is 0 Å². The molecule has 0 aromatic rings. The maximum atomic E-state index is 9.44. The molecule has 91 valence electrons. The third-order valence-electron chi connectivity index (χ3n) is 0.167. The summed E-state index contributed by atoms with van der Waals surface area (Å²) in [6, 6.07) is 0. The predicted octanol–water partition coefficient (Wildman–Crippen LogP) is -2.33. The minimum absolute atomic E-state index is 0. The summed E-state index contributed by atoms with van der Waals surface area (Å²) in [7, 11) is 0. The third-order valence-corrected chi connectivity index (χ3v) is 0.167. The monoisotopic (exact) mass is 267 g/mol. The van der Waals surface area contributed by atoms with Crippen molar-refractivity contribution in [3.63, 3.8) is 0 Å². The first kappa shape index (κ1) is 23.5. The first-order chi connectivity index (χ1) is 6.11. The van der Waals surface area contributed by atoms with Crippen molar-refractivity contribution in [2.75, 3.05) is 0 Å². The van der Waals surface area contributed by atoms with Crippen LogP contribution in [0.1, 0.15) is 27.7 Å². The summed E-state index contributed by atoms with van der Waals surface area (Å²) in [4.78, 5) is 36.7. The van der Waals surface area contributed by atoms with Crippen molar-refractivity contribution in [3.05, 3.63) is 0 Å². The fraction of sp³-hybridized carbons (Fsp3) is 0.500. The number of carboxylic acid groups (broad SMARTS) is 2. The first-order valence-corrected chi connectivity index (χ1v) is 3.47. The molecule has 0 saturated heterocycles. The summed E-state index contributed by atoms with van der Waals surface area (Å²) < 4.78 is 0. The van der Waals surface area contributed by atoms with Crippen molar-refractivity contribution in [2.45, 2.75) is 27.7 Å². The van der Waals surface area contributed by atoms with Crippen LogP contribution in [0.15, 0.2) is 0 Å². The number of Topliss-reactive ketones (excluding diaryl/α,β-unsaturated/α-hetero) is 2. The van der Waals surface area contributed by atoms with Gasteiger partial charge in [-0.2, -0.15) is 0 Å². The number of ketones is 2. The standard InChI is InChI=1S/2C3H6O.C2H2O4.Cu/c2*1-3(2)4;3-1(4)2(5)6;/h2*1-2H3;(H,3,4)(H,5,6);/q;;;+2/p-2. The smallest absolute Gasteiger partial charge is 0.543 e. The molecule has 0 heterocycles. The number of hydrogen-bond acceptors (Lipinski definition) is 6. The van der Waals surface area contributed by atoms with E-state index in [1.807, 2.05) is 0 Å². The average Bonchev–Trinajstić information content (AvgIpc) is 1.83. The average molecular weight is 268 g/mol. The molecular formula is C8H12CuO6. The number of aliphatic carboxylic acids is 2. The molecule has 0 atom stereocenters. The van der Waals surface area contributed by atoms with Gasteiger partial charge in [0, 0.05) is 0 Å². The van der Waals surface area contributed by atoms with Crippen LogP contribution in [-0.4, -0.2) is 23.5 Å². The van der Waals surface area contributed by atoms with Crippen molar-refractivity contribution in [1.82, 2.24) is 0 Å². The van der Waals surface area contributed by atoms with E-state index in [0.717, 1.165) is 0 Å². The zero-order valence-electron chi connectivity index (χ0n) is 8.75. The molecule has 7 heteroatoms. The molecule has 0 fully saturated rings. The number of carboxylic acids is 2. The summed E-state index contributed by atoms with van der Waals surface area (Å²) in [5.41, 5.74) is 0. The second-order valence-corrected chi connectivity index (χ2v) is 2.39. The van der Waals surface area contributed by atoms with Gasteiger partial charge in [-0.1, -0.05) is 0 Å². The van der Waals surface area contributed by atoms with Crippen LogP contribution < -0.4 is 10.2 Å². The van der Waals surface area contributed by atoms with Crippen LogP contribution in [0.5, 0.6) is 0 Å². The SMILES string of the molecule is CC(C)=O.CC(C)=O.O=C([O-])C(=O)[O-].[Cu+2]. The zero-order valence-corrected chi connectivity index (χ0v) is 9.69. The Morgan fingerprint density at radius 3 is 0.733 bits per heavy atom. The van der Waals surface area contributed by atoms with Crippen LogP contribution in [0.4, 0.5) is 0 Å². The molecule has 0 aliphatic rings. The van der Waals surface area contributed by atoms with Gasteiger partial charge < -0.3 is 29.4 Å². The molecule has 0 spiro atoms. The van der Waals surface area contributed by atoms with Gasteiger partial charge in [-0.25, -0.2) is 0 Å². The molecule has 0 saturated carbocycles. The van der Waals surface area contributed by atoms with Crippen molar-refractivity contribution >= 4 is 23.5 Å². The number of rotatable bonds is 0. The van der Waals surface area contributed by atoms with Crippen LogP contribution in [-0.2, 0) is 36.2 Å². The Morgan fingerprint density at radius 2 is 0.733 bits per heavy atom. The summed E-state index contributed by atoms with van der Waals surface area (Å²) in [5.74, 6) is -4.04. The minimum atomic E-state index is -2.19. The molecule has 0 rings (SSSR count). The summed E-state index contributed by atoms with van der Waals surface area (Å²) in [6.07, 6.45) is 0. The van der Waals surface area contributed by atoms with E-state index in [2.05, 4.69) is 0 Å². The predicted molar refractivity (Wildman–Crippen MR) is 42.7 cm³/mol. The Bertz CT molecular complexity index is 191. The molecule has 0 aromatic heterocycles. The van der Waals surface area contributed by atoms with Crippen LogP contribution >= 0.6 is 0 Å². The number of carbonyl (C=O) groups excluding carboxylic acids is 4. The van der Waals surface area contributed by atoms with Gasteiger partial charge in [0.05, 0.1) is 11.9 Å². The van der Waals surface area contributed by atoms with E-state index in [0.29, 0.717) is 0 Å². The normalized spacial score (nSPS) is 6.40. The van der Waals surface area contributed by atoms with E-state index in [4.69, 9.17) is 19.8 Å². The van der Waals surface area contributed by atoms with Crippen LogP contribution in [0.25, 0.3) is 0 Å². The molecule has 0 bridgehead atoms. The molecule has 0 aliphatic carbocycles. The van der Waals surface area contributed by atoms with Crippen molar-refractivity contribution in [3.8, 4) is 0 Å². The summed E-state index contributed by atoms with van der Waals surface area (Å²) in [5, 5.41) is 17.9. The van der Waals surface area contributed by atoms with Gasteiger partial charge in [-0.3, -0.25) is 0 Å². The maximum absolute atomic E-state index is 9.44. The number of carbonyl (C=O) groups is 4. The van der Waals surface area contributed by atoms with Crippen molar-refractivity contribution < 1.29 is 46.5 Å². The Kier molecular flexibility index (Phi) is 24.0. The minimum Gasteiger partial charge on any atom is -0.543 e. The van der Waals surface area contributed by atoms with Gasteiger partial charge >= 0.3 is 17.1 Å². The third kappa shape index (κ3) is 190. The Hall–Kier alpha value is -1.20. The topological polar surface area (TPSA) is 114 Å². The van der Waals surface area contributed by atoms with E-state index in [9.17, 15) is 9.59 Å². The van der Waals surface area contributed by atoms with Gasteiger partial charge in [0.1, 0.15) is 11.6 Å². The molecule has 0 N–H and O–H groups in total. The Balaban J connectivity index is -0.0000000606. The van der Waals surface area contributed by atoms with Crippen molar-refractivity contribution in [2.24, 2.45) is 0 Å². The molecule has 0 aliphatic heterocycles. The van der Waals surface area contributed by atoms with E-state index in [1.165, 1.54) is 27.7 Å². The van der Waals surface area contributed by atoms with Gasteiger partial charge in [-0.05, 0) is 27.7 Å². The molecule has 1 radical (unpaired) electrons. The zero-order chi connectivity index (χ0) is 12.3. The van der Waals surface area contributed by atoms with Crippen LogP contribution in [0.3, 0.4) is 0 Å². The fourth-order valence-electron chi connectivity index (χ4n) is 0. The fourth-order valence-corrected chi connectivity index (χ4v) is 0. The maximum Gasteiger partial charge on any atom is 2.00 e. The van der Waals surface area contributed by atoms with E-state index in [1.54, 1.807) is 0 Å².